The van der Waals surface area contributed by atoms with E-state index in [4.69, 9.17) is 16.6 Å². The molecular weight excluding hydrogens is 451 g/mol. The third-order valence-corrected chi connectivity index (χ3v) is 6.81. The number of halogens is 2. The van der Waals surface area contributed by atoms with Crippen LogP contribution in [-0.4, -0.2) is 39.0 Å². The molecule has 4 rings (SSSR count). The molecule has 0 saturated carbocycles. The first-order chi connectivity index (χ1) is 15.3. The molecule has 3 unspecified atom stereocenters. The zero-order valence-corrected chi connectivity index (χ0v) is 19.4. The SMILES string of the molecule is CCC(C)C1N=C2c3ccccc3N=C(SC(C)C(=O)Nc3ccc(Cl)cc3F)N2C1=O. The van der Waals surface area contributed by atoms with Crippen molar-refractivity contribution in [3.05, 3.63) is 58.9 Å². The lowest BCUT2D eigenvalue weighted by Crippen LogP contribution is -2.43. The number of hydrogen-bond acceptors (Lipinski definition) is 5. The summed E-state index contributed by atoms with van der Waals surface area (Å²) < 4.78 is 14.1. The first-order valence-electron chi connectivity index (χ1n) is 10.3. The van der Waals surface area contributed by atoms with Crippen LogP contribution in [0.1, 0.15) is 32.8 Å². The minimum absolute atomic E-state index is 0.0408. The molecule has 2 aromatic carbocycles. The van der Waals surface area contributed by atoms with Crippen LogP contribution in [-0.2, 0) is 9.59 Å². The van der Waals surface area contributed by atoms with E-state index in [1.54, 1.807) is 6.92 Å². The van der Waals surface area contributed by atoms with Gasteiger partial charge in [0.25, 0.3) is 5.91 Å². The minimum Gasteiger partial charge on any atom is -0.323 e. The largest absolute Gasteiger partial charge is 0.323 e. The van der Waals surface area contributed by atoms with Gasteiger partial charge in [-0.2, -0.15) is 0 Å². The number of rotatable bonds is 5. The Morgan fingerprint density at radius 1 is 1.28 bits per heavy atom. The maximum atomic E-state index is 14.1. The number of aliphatic imine (C=N–C) groups is 2. The van der Waals surface area contributed by atoms with Gasteiger partial charge in [0.2, 0.25) is 5.91 Å². The second-order valence-electron chi connectivity index (χ2n) is 7.74. The molecule has 2 heterocycles. The van der Waals surface area contributed by atoms with Crippen molar-refractivity contribution >= 4 is 57.6 Å². The highest BCUT2D eigenvalue weighted by Gasteiger charge is 2.43. The lowest BCUT2D eigenvalue weighted by Gasteiger charge is -2.27. The third kappa shape index (κ3) is 4.17. The smallest absolute Gasteiger partial charge is 0.259 e. The van der Waals surface area contributed by atoms with Crippen LogP contribution in [0.15, 0.2) is 52.4 Å². The molecule has 6 nitrogen and oxygen atoms in total. The van der Waals surface area contributed by atoms with E-state index >= 15 is 0 Å². The van der Waals surface area contributed by atoms with Gasteiger partial charge < -0.3 is 5.32 Å². The van der Waals surface area contributed by atoms with Crippen molar-refractivity contribution in [2.24, 2.45) is 15.9 Å². The maximum Gasteiger partial charge on any atom is 0.259 e. The molecule has 166 valence electrons. The standard InChI is InChI=1S/C23H22ClFN4O2S/c1-4-12(2)19-22(31)29-20(28-19)15-7-5-6-8-17(15)27-23(29)32-13(3)21(30)26-18-10-9-14(24)11-16(18)25/h5-13,19H,4H2,1-3H3,(H,26,30). The molecule has 0 radical (unpaired) electrons. The fraction of sp³-hybridized carbons (Fsp3) is 0.304. The first-order valence-corrected chi connectivity index (χ1v) is 11.6. The lowest BCUT2D eigenvalue weighted by molar-refractivity contribution is -0.125. The van der Waals surface area contributed by atoms with Crippen molar-refractivity contribution < 1.29 is 14.0 Å². The monoisotopic (exact) mass is 472 g/mol. The van der Waals surface area contributed by atoms with Crippen LogP contribution in [0, 0.1) is 11.7 Å². The van der Waals surface area contributed by atoms with Gasteiger partial charge in [-0.05, 0) is 43.2 Å². The number of fused-ring (bicyclic) bond motifs is 3. The molecule has 2 aliphatic heterocycles. The van der Waals surface area contributed by atoms with E-state index in [0.717, 1.165) is 29.8 Å². The van der Waals surface area contributed by atoms with Gasteiger partial charge in [0, 0.05) is 10.6 Å². The second-order valence-corrected chi connectivity index (χ2v) is 9.49. The van der Waals surface area contributed by atoms with Crippen molar-refractivity contribution in [2.45, 2.75) is 38.5 Å². The molecule has 0 saturated heterocycles. The summed E-state index contributed by atoms with van der Waals surface area (Å²) in [6.45, 7) is 5.70. The Morgan fingerprint density at radius 3 is 2.75 bits per heavy atom. The number of para-hydroxylation sites is 1. The van der Waals surface area contributed by atoms with E-state index in [9.17, 15) is 14.0 Å². The van der Waals surface area contributed by atoms with Crippen LogP contribution in [0.3, 0.4) is 0 Å². The van der Waals surface area contributed by atoms with Crippen LogP contribution in [0.2, 0.25) is 5.02 Å². The highest BCUT2D eigenvalue weighted by atomic mass is 35.5. The van der Waals surface area contributed by atoms with E-state index in [2.05, 4.69) is 10.3 Å². The molecule has 32 heavy (non-hydrogen) atoms. The van der Waals surface area contributed by atoms with Crippen LogP contribution in [0.4, 0.5) is 15.8 Å². The summed E-state index contributed by atoms with van der Waals surface area (Å²) >= 11 is 6.91. The topological polar surface area (TPSA) is 74.1 Å². The fourth-order valence-electron chi connectivity index (χ4n) is 3.48. The van der Waals surface area contributed by atoms with E-state index in [0.29, 0.717) is 16.7 Å². The first kappa shape index (κ1) is 22.5. The number of nitrogens with one attached hydrogen (secondary N) is 1. The molecular formula is C23H22ClFN4O2S. The second kappa shape index (κ2) is 9.03. The number of benzene rings is 2. The summed E-state index contributed by atoms with van der Waals surface area (Å²) in [7, 11) is 0. The van der Waals surface area contributed by atoms with E-state index in [1.807, 2.05) is 38.1 Å². The van der Waals surface area contributed by atoms with Crippen molar-refractivity contribution in [1.29, 1.82) is 0 Å². The van der Waals surface area contributed by atoms with Gasteiger partial charge in [0.05, 0.1) is 16.6 Å². The highest BCUT2D eigenvalue weighted by molar-refractivity contribution is 8.15. The molecule has 0 spiro atoms. The van der Waals surface area contributed by atoms with Crippen LogP contribution < -0.4 is 5.32 Å². The summed E-state index contributed by atoms with van der Waals surface area (Å²) in [5.41, 5.74) is 1.52. The zero-order chi connectivity index (χ0) is 23.0. The molecule has 1 N–H and O–H groups in total. The number of amides is 2. The number of carbonyl (C=O) groups excluding carboxylic acids is 2. The van der Waals surface area contributed by atoms with Gasteiger partial charge in [-0.25, -0.2) is 14.3 Å². The Hall–Kier alpha value is -2.71. The fourth-order valence-corrected chi connectivity index (χ4v) is 4.55. The van der Waals surface area contributed by atoms with Gasteiger partial charge in [0.15, 0.2) is 5.17 Å². The minimum atomic E-state index is -0.647. The van der Waals surface area contributed by atoms with Gasteiger partial charge in [-0.15, -0.1) is 0 Å². The molecule has 2 aliphatic rings. The number of thioether (sulfide) groups is 1. The third-order valence-electron chi connectivity index (χ3n) is 5.52. The van der Waals surface area contributed by atoms with Crippen molar-refractivity contribution in [1.82, 2.24) is 4.90 Å². The number of nitrogens with zero attached hydrogens (tertiary/aromatic N) is 3. The summed E-state index contributed by atoms with van der Waals surface area (Å²) in [6.07, 6.45) is 0.813. The quantitative estimate of drug-likeness (QED) is 0.646. The Morgan fingerprint density at radius 2 is 2.03 bits per heavy atom. The molecule has 0 bridgehead atoms. The predicted molar refractivity (Wildman–Crippen MR) is 127 cm³/mol. The van der Waals surface area contributed by atoms with Crippen LogP contribution in [0.5, 0.6) is 0 Å². The number of hydrogen-bond donors (Lipinski definition) is 1. The molecule has 2 amide bonds. The molecule has 0 aromatic heterocycles. The highest BCUT2D eigenvalue weighted by Crippen LogP contribution is 2.36. The number of anilines is 1. The molecule has 0 aliphatic carbocycles. The Kier molecular flexibility index (Phi) is 6.35. The summed E-state index contributed by atoms with van der Waals surface area (Å²) in [4.78, 5) is 36.9. The van der Waals surface area contributed by atoms with Crippen LogP contribution >= 0.6 is 23.4 Å². The van der Waals surface area contributed by atoms with Gasteiger partial charge in [-0.3, -0.25) is 14.6 Å². The van der Waals surface area contributed by atoms with E-state index < -0.39 is 23.0 Å². The average Bonchev–Trinajstić information content (AvgIpc) is 3.13. The van der Waals surface area contributed by atoms with Crippen molar-refractivity contribution in [2.75, 3.05) is 5.32 Å². The number of amidine groups is 2. The van der Waals surface area contributed by atoms with Gasteiger partial charge in [-0.1, -0.05) is 55.8 Å². The average molecular weight is 473 g/mol. The van der Waals surface area contributed by atoms with Crippen molar-refractivity contribution in [3.63, 3.8) is 0 Å². The Balaban J connectivity index is 1.60. The van der Waals surface area contributed by atoms with E-state index in [-0.39, 0.29) is 22.5 Å². The normalized spacial score (nSPS) is 19.0. The van der Waals surface area contributed by atoms with Crippen molar-refractivity contribution in [3.8, 4) is 0 Å². The maximum absolute atomic E-state index is 14.1. The number of carbonyl (C=O) groups is 2. The molecule has 3 atom stereocenters. The molecule has 0 fully saturated rings. The Bertz CT molecular complexity index is 1150. The zero-order valence-electron chi connectivity index (χ0n) is 17.8. The van der Waals surface area contributed by atoms with Gasteiger partial charge >= 0.3 is 0 Å². The predicted octanol–water partition coefficient (Wildman–Crippen LogP) is 5.24. The van der Waals surface area contributed by atoms with E-state index in [1.165, 1.54) is 17.0 Å². The summed E-state index contributed by atoms with van der Waals surface area (Å²) in [5.74, 6) is -0.544. The van der Waals surface area contributed by atoms with Crippen LogP contribution in [0.25, 0.3) is 0 Å². The summed E-state index contributed by atoms with van der Waals surface area (Å²) in [6, 6.07) is 11.0. The molecule has 2 aromatic rings. The van der Waals surface area contributed by atoms with Gasteiger partial charge in [0.1, 0.15) is 17.7 Å². The molecule has 9 heteroatoms. The Labute approximate surface area is 195 Å². The summed E-state index contributed by atoms with van der Waals surface area (Å²) in [5, 5.41) is 2.55. The lowest BCUT2D eigenvalue weighted by atomic mass is 10.00.